The molecule has 0 spiro atoms. The highest BCUT2D eigenvalue weighted by Crippen LogP contribution is 2.25. The van der Waals surface area contributed by atoms with E-state index in [1.165, 1.54) is 12.7 Å². The van der Waals surface area contributed by atoms with Gasteiger partial charge in [0.15, 0.2) is 0 Å². The second-order valence-electron chi connectivity index (χ2n) is 5.55. The van der Waals surface area contributed by atoms with Crippen LogP contribution in [0.1, 0.15) is 28.9 Å². The van der Waals surface area contributed by atoms with Crippen molar-refractivity contribution in [3.63, 3.8) is 0 Å². The Balaban J connectivity index is 1.89. The number of nitrogens with one attached hydrogen (secondary N) is 2. The van der Waals surface area contributed by atoms with Crippen molar-refractivity contribution in [1.29, 1.82) is 0 Å². The molecule has 0 aliphatic rings. The molecule has 0 unspecified atom stereocenters. The Labute approximate surface area is 149 Å². The van der Waals surface area contributed by atoms with Crippen molar-refractivity contribution >= 4 is 34.2 Å². The van der Waals surface area contributed by atoms with Gasteiger partial charge in [0.05, 0.1) is 5.52 Å². The van der Waals surface area contributed by atoms with Crippen molar-refractivity contribution < 1.29 is 4.79 Å². The Morgan fingerprint density at radius 2 is 2.00 bits per heavy atom. The Morgan fingerprint density at radius 1 is 1.20 bits per heavy atom. The summed E-state index contributed by atoms with van der Waals surface area (Å²) < 4.78 is 0. The topological polar surface area (TPSA) is 92.7 Å². The van der Waals surface area contributed by atoms with Crippen LogP contribution in [0.3, 0.4) is 0 Å². The molecule has 128 valence electrons. The van der Waals surface area contributed by atoms with Gasteiger partial charge in [0.25, 0.3) is 5.91 Å². The van der Waals surface area contributed by atoms with Crippen LogP contribution in [-0.2, 0) is 0 Å². The maximum absolute atomic E-state index is 12.0. The van der Waals surface area contributed by atoms with Crippen LogP contribution < -0.4 is 10.6 Å². The average molecular weight is 357 g/mol. The van der Waals surface area contributed by atoms with Gasteiger partial charge in [-0.2, -0.15) is 0 Å². The number of halogens is 1. The van der Waals surface area contributed by atoms with Gasteiger partial charge in [0, 0.05) is 31.0 Å². The van der Waals surface area contributed by atoms with Gasteiger partial charge in [-0.1, -0.05) is 36.7 Å². The molecule has 8 heteroatoms. The number of amides is 1. The number of rotatable bonds is 5. The molecule has 0 saturated heterocycles. The van der Waals surface area contributed by atoms with Gasteiger partial charge < -0.3 is 10.6 Å². The summed E-state index contributed by atoms with van der Waals surface area (Å²) in [5, 5.41) is 6.96. The minimum absolute atomic E-state index is 0.130. The van der Waals surface area contributed by atoms with E-state index in [2.05, 4.69) is 37.5 Å². The summed E-state index contributed by atoms with van der Waals surface area (Å²) in [4.78, 5) is 28.5. The van der Waals surface area contributed by atoms with Crippen LogP contribution in [0, 0.1) is 0 Å². The van der Waals surface area contributed by atoms with Crippen LogP contribution in [0.2, 0.25) is 5.15 Å². The lowest BCUT2D eigenvalue weighted by atomic mass is 9.97. The molecule has 0 bridgehead atoms. The third kappa shape index (κ3) is 3.66. The smallest absolute Gasteiger partial charge is 0.270 e. The number of benzene rings is 1. The minimum atomic E-state index is -0.231. The van der Waals surface area contributed by atoms with Crippen LogP contribution in [0.4, 0.5) is 5.82 Å². The first-order valence-electron chi connectivity index (χ1n) is 7.77. The number of hydrogen-bond acceptors (Lipinski definition) is 6. The Kier molecular flexibility index (Phi) is 5.04. The molecule has 0 aliphatic heterocycles. The van der Waals surface area contributed by atoms with Gasteiger partial charge in [-0.3, -0.25) is 4.79 Å². The third-order valence-corrected chi connectivity index (χ3v) is 4.10. The summed E-state index contributed by atoms with van der Waals surface area (Å²) in [6, 6.07) is 7.44. The van der Waals surface area contributed by atoms with E-state index in [9.17, 15) is 4.79 Å². The number of carbonyl (C=O) groups excluding carboxylic acids is 1. The molecule has 0 fully saturated rings. The van der Waals surface area contributed by atoms with E-state index in [-0.39, 0.29) is 11.8 Å². The zero-order valence-electron chi connectivity index (χ0n) is 13.8. The lowest BCUT2D eigenvalue weighted by Gasteiger charge is -2.16. The quantitative estimate of drug-likeness (QED) is 0.683. The second-order valence-corrected chi connectivity index (χ2v) is 5.94. The molecule has 2 aromatic heterocycles. The molecule has 7 nitrogen and oxygen atoms in total. The molecule has 2 N–H and O–H groups in total. The Bertz CT molecular complexity index is 917. The zero-order chi connectivity index (χ0) is 17.8. The average Bonchev–Trinajstić information content (AvgIpc) is 2.64. The van der Waals surface area contributed by atoms with Crippen molar-refractivity contribution in [2.45, 2.75) is 12.8 Å². The summed E-state index contributed by atoms with van der Waals surface area (Å²) in [5.74, 6) is 0.559. The number of para-hydroxylation sites is 1. The fraction of sp³-hybridized carbons (Fsp3) is 0.235. The lowest BCUT2D eigenvalue weighted by Crippen LogP contribution is -2.20. The van der Waals surface area contributed by atoms with Crippen molar-refractivity contribution in [3.05, 3.63) is 53.3 Å². The molecule has 2 heterocycles. The summed E-state index contributed by atoms with van der Waals surface area (Å²) in [7, 11) is 1.58. The number of aromatic nitrogens is 4. The predicted molar refractivity (Wildman–Crippen MR) is 96.9 cm³/mol. The maximum atomic E-state index is 12.0. The van der Waals surface area contributed by atoms with Gasteiger partial charge in [-0.15, -0.1) is 0 Å². The normalized spacial score (nSPS) is 12.0. The standard InChI is InChI=1S/C17H17ClN6O/c1-10(7-20-14-6-13(18)21-8-22-14)11-4-3-5-12-15(11)23-9-24-16(12)17(25)19-2/h3-6,8-10H,7H2,1-2H3,(H,19,25)(H,20,21,22)/t10-/m1/s1. The highest BCUT2D eigenvalue weighted by molar-refractivity contribution is 6.29. The van der Waals surface area contributed by atoms with E-state index >= 15 is 0 Å². The number of fused-ring (bicyclic) bond motifs is 1. The first-order valence-corrected chi connectivity index (χ1v) is 8.15. The summed E-state index contributed by atoms with van der Waals surface area (Å²) in [6.07, 6.45) is 2.83. The van der Waals surface area contributed by atoms with Crippen LogP contribution in [0.5, 0.6) is 0 Å². The monoisotopic (exact) mass is 356 g/mol. The fourth-order valence-electron chi connectivity index (χ4n) is 2.61. The fourth-order valence-corrected chi connectivity index (χ4v) is 2.75. The highest BCUT2D eigenvalue weighted by atomic mass is 35.5. The second kappa shape index (κ2) is 7.40. The molecule has 0 aliphatic carbocycles. The van der Waals surface area contributed by atoms with E-state index in [4.69, 9.17) is 11.6 Å². The molecule has 3 aromatic rings. The maximum Gasteiger partial charge on any atom is 0.270 e. The van der Waals surface area contributed by atoms with Crippen LogP contribution in [-0.4, -0.2) is 39.4 Å². The summed E-state index contributed by atoms with van der Waals surface area (Å²) >= 11 is 5.87. The van der Waals surface area contributed by atoms with E-state index in [1.807, 2.05) is 18.2 Å². The number of hydrogen-bond donors (Lipinski definition) is 2. The molecule has 0 saturated carbocycles. The predicted octanol–water partition coefficient (Wildman–Crippen LogP) is 2.65. The van der Waals surface area contributed by atoms with Crippen molar-refractivity contribution in [2.75, 3.05) is 18.9 Å². The van der Waals surface area contributed by atoms with E-state index in [0.29, 0.717) is 23.2 Å². The first-order chi connectivity index (χ1) is 12.1. The molecule has 3 rings (SSSR count). The SMILES string of the molecule is CNC(=O)c1ncnc2c([C@H](C)CNc3cc(Cl)ncn3)cccc12. The molecule has 1 amide bonds. The first kappa shape index (κ1) is 17.0. The Morgan fingerprint density at radius 3 is 2.76 bits per heavy atom. The largest absolute Gasteiger partial charge is 0.369 e. The Hall–Kier alpha value is -2.80. The van der Waals surface area contributed by atoms with Gasteiger partial charge in [-0.25, -0.2) is 19.9 Å². The van der Waals surface area contributed by atoms with Crippen molar-refractivity contribution in [1.82, 2.24) is 25.3 Å². The van der Waals surface area contributed by atoms with E-state index in [1.54, 1.807) is 13.1 Å². The number of carbonyl (C=O) groups is 1. The molecular formula is C17H17ClN6O. The molecule has 0 radical (unpaired) electrons. The molecule has 1 atom stereocenters. The molecule has 25 heavy (non-hydrogen) atoms. The number of nitrogens with zero attached hydrogens (tertiary/aromatic N) is 4. The zero-order valence-corrected chi connectivity index (χ0v) is 14.6. The van der Waals surface area contributed by atoms with E-state index in [0.717, 1.165) is 16.5 Å². The van der Waals surface area contributed by atoms with Gasteiger partial charge in [-0.05, 0) is 5.56 Å². The molecule has 1 aromatic carbocycles. The number of anilines is 1. The van der Waals surface area contributed by atoms with Crippen LogP contribution >= 0.6 is 11.6 Å². The van der Waals surface area contributed by atoms with Gasteiger partial charge >= 0.3 is 0 Å². The van der Waals surface area contributed by atoms with Crippen molar-refractivity contribution in [2.24, 2.45) is 0 Å². The van der Waals surface area contributed by atoms with Crippen LogP contribution in [0.25, 0.3) is 10.9 Å². The van der Waals surface area contributed by atoms with Crippen LogP contribution in [0.15, 0.2) is 36.9 Å². The third-order valence-electron chi connectivity index (χ3n) is 3.89. The summed E-state index contributed by atoms with van der Waals surface area (Å²) in [5.41, 5.74) is 2.17. The molecular weight excluding hydrogens is 340 g/mol. The summed E-state index contributed by atoms with van der Waals surface area (Å²) in [6.45, 7) is 2.71. The van der Waals surface area contributed by atoms with E-state index < -0.39 is 0 Å². The highest BCUT2D eigenvalue weighted by Gasteiger charge is 2.16. The minimum Gasteiger partial charge on any atom is -0.369 e. The lowest BCUT2D eigenvalue weighted by molar-refractivity contribution is 0.0960. The van der Waals surface area contributed by atoms with Gasteiger partial charge in [0.1, 0.15) is 29.3 Å². The van der Waals surface area contributed by atoms with Crippen molar-refractivity contribution in [3.8, 4) is 0 Å². The van der Waals surface area contributed by atoms with Gasteiger partial charge in [0.2, 0.25) is 0 Å².